The lowest BCUT2D eigenvalue weighted by atomic mass is 9.87. The van der Waals surface area contributed by atoms with Gasteiger partial charge in [0.15, 0.2) is 4.77 Å². The Hall–Kier alpha value is -1.20. The van der Waals surface area contributed by atoms with E-state index in [9.17, 15) is 83.4 Å². The number of hydrogen-bond donors (Lipinski definition) is 2. The summed E-state index contributed by atoms with van der Waals surface area (Å²) >= 11 is 11.8. The lowest BCUT2D eigenvalue weighted by Crippen LogP contribution is -2.76. The number of nitrogens with zero attached hydrogens (tertiary/aromatic N) is 2. The first-order chi connectivity index (χ1) is 17.1. The highest BCUT2D eigenvalue weighted by Crippen LogP contribution is 2.65. The van der Waals surface area contributed by atoms with E-state index in [0.717, 1.165) is 4.57 Å². The molecule has 0 aromatic carbocycles. The molecule has 1 heterocycles. The third-order valence-electron chi connectivity index (χ3n) is 5.18. The molecule has 1 aromatic heterocycles. The lowest BCUT2D eigenvalue weighted by molar-refractivity contribution is -0.469. The second-order valence-corrected chi connectivity index (χ2v) is 9.42. The summed E-state index contributed by atoms with van der Waals surface area (Å²) in [7, 11) is 0. The first-order valence-electron chi connectivity index (χ1n) is 9.47. The Balaban J connectivity index is 3.78. The van der Waals surface area contributed by atoms with Gasteiger partial charge in [-0.15, -0.1) is 25.3 Å². The van der Waals surface area contributed by atoms with Crippen molar-refractivity contribution in [1.29, 1.82) is 0 Å². The predicted octanol–water partition coefficient (Wildman–Crippen LogP) is 8.82. The van der Waals surface area contributed by atoms with E-state index in [2.05, 4.69) is 37.5 Å². The van der Waals surface area contributed by atoms with Gasteiger partial charge >= 0.3 is 53.6 Å². The van der Waals surface area contributed by atoms with Crippen molar-refractivity contribution in [1.82, 2.24) is 9.13 Å². The fourth-order valence-electron chi connectivity index (χ4n) is 2.84. The number of rotatable bonds is 10. The van der Waals surface area contributed by atoms with Crippen molar-refractivity contribution < 1.29 is 83.4 Å². The van der Waals surface area contributed by atoms with Crippen LogP contribution in [0.3, 0.4) is 0 Å². The Bertz CT molecular complexity index is 1160. The van der Waals surface area contributed by atoms with Gasteiger partial charge in [0.2, 0.25) is 0 Å². The molecule has 24 heteroatoms. The SMILES string of the molecule is CC(C)n1c(S)c(S)n(CC(F)(F)C(F)(F)C(F)(F)C(F)(F)C(F)(F)C(F)(F)C(F)(F)C(F)(F)C(F)(F)F)c1=S. The van der Waals surface area contributed by atoms with Gasteiger partial charge in [-0.2, -0.15) is 83.4 Å². The van der Waals surface area contributed by atoms with Crippen molar-refractivity contribution in [2.24, 2.45) is 0 Å². The maximum Gasteiger partial charge on any atom is 0.460 e. The fourth-order valence-corrected chi connectivity index (χ4v) is 4.15. The molecule has 40 heavy (non-hydrogen) atoms. The number of imidazole rings is 1. The molecule has 0 fully saturated rings. The third kappa shape index (κ3) is 4.74. The van der Waals surface area contributed by atoms with E-state index < -0.39 is 81.0 Å². The molecule has 0 atom stereocenters. The summed E-state index contributed by atoms with van der Waals surface area (Å²) in [6, 6.07) is -0.857. The lowest BCUT2D eigenvalue weighted by Gasteiger charge is -2.43. The van der Waals surface area contributed by atoms with Crippen LogP contribution in [-0.2, 0) is 6.54 Å². The zero-order chi connectivity index (χ0) is 32.7. The van der Waals surface area contributed by atoms with Gasteiger partial charge in [-0.1, -0.05) is 0 Å². The molecule has 1 aromatic rings. The Morgan fingerprint density at radius 1 is 0.550 bits per heavy atom. The summed E-state index contributed by atoms with van der Waals surface area (Å²) in [5, 5.41) is -1.47. The highest BCUT2D eigenvalue weighted by Gasteiger charge is 2.96. The molecule has 0 saturated heterocycles. The number of alkyl halides is 19. The van der Waals surface area contributed by atoms with Gasteiger partial charge in [-0.05, 0) is 26.1 Å². The topological polar surface area (TPSA) is 9.86 Å². The number of thiol groups is 2. The second kappa shape index (κ2) is 9.93. The number of aromatic nitrogens is 2. The van der Waals surface area contributed by atoms with E-state index in [1.165, 1.54) is 13.8 Å². The molecule has 0 spiro atoms. The van der Waals surface area contributed by atoms with E-state index in [-0.39, 0.29) is 4.57 Å². The Morgan fingerprint density at radius 3 is 1.12 bits per heavy atom. The highest BCUT2D eigenvalue weighted by atomic mass is 32.1. The van der Waals surface area contributed by atoms with Crippen LogP contribution in [0.2, 0.25) is 0 Å². The number of halogens is 19. The molecule has 0 aliphatic rings. The monoisotopic (exact) mass is 688 g/mol. The smallest absolute Gasteiger partial charge is 0.309 e. The van der Waals surface area contributed by atoms with Crippen LogP contribution in [0.5, 0.6) is 0 Å². The normalized spacial score (nSPS) is 15.8. The van der Waals surface area contributed by atoms with Crippen molar-refractivity contribution >= 4 is 37.5 Å². The molecule has 0 aliphatic carbocycles. The molecule has 1 rings (SSSR count). The molecule has 0 aliphatic heterocycles. The third-order valence-corrected chi connectivity index (χ3v) is 6.65. The average Bonchev–Trinajstić information content (AvgIpc) is 2.94. The first-order valence-corrected chi connectivity index (χ1v) is 10.8. The van der Waals surface area contributed by atoms with Crippen molar-refractivity contribution in [2.75, 3.05) is 0 Å². The maximum atomic E-state index is 14.3. The van der Waals surface area contributed by atoms with Crippen LogP contribution in [-0.4, -0.2) is 62.7 Å². The van der Waals surface area contributed by atoms with Crippen LogP contribution < -0.4 is 0 Å². The molecule has 0 unspecified atom stereocenters. The molecule has 0 saturated carbocycles. The van der Waals surface area contributed by atoms with Crippen molar-refractivity contribution in [2.45, 2.75) is 90.0 Å². The Kier molecular flexibility index (Phi) is 9.14. The summed E-state index contributed by atoms with van der Waals surface area (Å²) in [5.41, 5.74) is 0. The minimum Gasteiger partial charge on any atom is -0.309 e. The summed E-state index contributed by atoms with van der Waals surface area (Å²) < 4.78 is 255. The average molecular weight is 688 g/mol. The Morgan fingerprint density at radius 2 is 0.850 bits per heavy atom. The molecule has 2 nitrogen and oxygen atoms in total. The van der Waals surface area contributed by atoms with Crippen molar-refractivity contribution in [3.63, 3.8) is 0 Å². The summed E-state index contributed by atoms with van der Waals surface area (Å²) in [6.45, 7) is -0.440. The molecule has 0 N–H and O–H groups in total. The highest BCUT2D eigenvalue weighted by molar-refractivity contribution is 7.83. The molecule has 236 valence electrons. The van der Waals surface area contributed by atoms with Gasteiger partial charge in [0.25, 0.3) is 0 Å². The van der Waals surface area contributed by atoms with E-state index in [1.807, 2.05) is 0 Å². The summed E-state index contributed by atoms with van der Waals surface area (Å²) in [5.74, 6) is -67.1. The van der Waals surface area contributed by atoms with E-state index in [0.29, 0.717) is 0 Å². The van der Waals surface area contributed by atoms with Crippen LogP contribution in [0, 0.1) is 4.77 Å². The Labute approximate surface area is 225 Å². The largest absolute Gasteiger partial charge is 0.460 e. The minimum absolute atomic E-state index is 0.284. The van der Waals surface area contributed by atoms with E-state index in [1.54, 1.807) is 0 Å². The van der Waals surface area contributed by atoms with Gasteiger partial charge in [0, 0.05) is 6.04 Å². The van der Waals surface area contributed by atoms with Crippen LogP contribution in [0.25, 0.3) is 0 Å². The van der Waals surface area contributed by atoms with Crippen molar-refractivity contribution in [3.05, 3.63) is 4.77 Å². The van der Waals surface area contributed by atoms with Gasteiger partial charge in [-0.3, -0.25) is 0 Å². The first kappa shape index (κ1) is 36.8. The van der Waals surface area contributed by atoms with Crippen LogP contribution >= 0.6 is 37.5 Å². The quantitative estimate of drug-likeness (QED) is 0.142. The predicted molar refractivity (Wildman–Crippen MR) is 104 cm³/mol. The van der Waals surface area contributed by atoms with Gasteiger partial charge in [-0.25, -0.2) is 0 Å². The van der Waals surface area contributed by atoms with Crippen LogP contribution in [0.1, 0.15) is 19.9 Å². The van der Waals surface area contributed by atoms with E-state index in [4.69, 9.17) is 0 Å². The standard InChI is InChI=1S/C16H11F19N2S3/c1-4(2)37-6(39)5(38)36(7(37)40)3-8(17,18)9(19,20)10(21,22)11(23,24)12(25,26)13(27,28)14(29,30)15(31,32)16(33,34)35/h4,38-39H,3H2,1-2H3. The van der Waals surface area contributed by atoms with Crippen molar-refractivity contribution in [3.8, 4) is 0 Å². The second-order valence-electron chi connectivity index (χ2n) is 8.20. The van der Waals surface area contributed by atoms with Crippen LogP contribution in [0.15, 0.2) is 10.1 Å². The molecule has 0 amide bonds. The molecular formula is C16H11F19N2S3. The zero-order valence-corrected chi connectivity index (χ0v) is 21.3. The number of hydrogen-bond acceptors (Lipinski definition) is 3. The molecular weight excluding hydrogens is 677 g/mol. The fraction of sp³-hybridized carbons (Fsp3) is 0.812. The van der Waals surface area contributed by atoms with Crippen LogP contribution in [0.4, 0.5) is 83.4 Å². The zero-order valence-electron chi connectivity index (χ0n) is 18.7. The summed E-state index contributed by atoms with van der Waals surface area (Å²) in [6.07, 6.45) is -7.92. The van der Waals surface area contributed by atoms with E-state index >= 15 is 0 Å². The minimum atomic E-state index is -8.97. The molecule has 0 radical (unpaired) electrons. The van der Waals surface area contributed by atoms with Gasteiger partial charge in [0.05, 0.1) is 6.54 Å². The molecule has 0 bridgehead atoms. The van der Waals surface area contributed by atoms with Gasteiger partial charge < -0.3 is 9.13 Å². The van der Waals surface area contributed by atoms with Gasteiger partial charge in [0.1, 0.15) is 10.1 Å². The summed E-state index contributed by atoms with van der Waals surface area (Å²) in [4.78, 5) is 0. The maximum absolute atomic E-state index is 14.3.